The van der Waals surface area contributed by atoms with E-state index in [-0.39, 0.29) is 15.9 Å². The molecule has 2 amide bonds. The predicted molar refractivity (Wildman–Crippen MR) is 109 cm³/mol. The number of aryl methyl sites for hydroxylation is 2. The zero-order chi connectivity index (χ0) is 22.0. The molecule has 0 spiro atoms. The second kappa shape index (κ2) is 8.38. The maximum atomic E-state index is 12.5. The highest BCUT2D eigenvalue weighted by atomic mass is 32.2. The molecular formula is C20H27N3O5S. The van der Waals surface area contributed by atoms with Crippen LogP contribution in [0.15, 0.2) is 39.6 Å². The summed E-state index contributed by atoms with van der Waals surface area (Å²) in [5, 5.41) is 0. The molecule has 158 valence electrons. The molecule has 0 bridgehead atoms. The maximum absolute atomic E-state index is 12.5. The molecule has 1 atom stereocenters. The van der Waals surface area contributed by atoms with Crippen LogP contribution in [0.2, 0.25) is 0 Å². The van der Waals surface area contributed by atoms with Gasteiger partial charge in [-0.25, -0.2) is 8.42 Å². The second-order valence-electron chi connectivity index (χ2n) is 7.89. The van der Waals surface area contributed by atoms with E-state index in [0.29, 0.717) is 11.5 Å². The first-order valence-corrected chi connectivity index (χ1v) is 10.6. The number of sulfonamides is 1. The summed E-state index contributed by atoms with van der Waals surface area (Å²) in [6.07, 6.45) is 0. The Bertz CT molecular complexity index is 1000. The molecule has 0 aliphatic carbocycles. The molecule has 3 N–H and O–H groups in total. The summed E-state index contributed by atoms with van der Waals surface area (Å²) in [7, 11) is -3.90. The van der Waals surface area contributed by atoms with E-state index < -0.39 is 27.9 Å². The van der Waals surface area contributed by atoms with Crippen LogP contribution in [0.25, 0.3) is 0 Å². The highest BCUT2D eigenvalue weighted by molar-refractivity contribution is 7.89. The van der Waals surface area contributed by atoms with Crippen LogP contribution in [0.3, 0.4) is 0 Å². The minimum Gasteiger partial charge on any atom is -0.466 e. The van der Waals surface area contributed by atoms with Gasteiger partial charge in [-0.05, 0) is 49.9 Å². The van der Waals surface area contributed by atoms with Crippen molar-refractivity contribution >= 4 is 21.8 Å². The fraction of sp³-hybridized carbons (Fsp3) is 0.400. The third-order valence-electron chi connectivity index (χ3n) is 4.34. The molecule has 1 aromatic carbocycles. The lowest BCUT2D eigenvalue weighted by molar-refractivity contribution is -0.123. The van der Waals surface area contributed by atoms with Gasteiger partial charge in [0.1, 0.15) is 11.5 Å². The van der Waals surface area contributed by atoms with Gasteiger partial charge in [-0.3, -0.25) is 20.4 Å². The maximum Gasteiger partial charge on any atom is 0.273 e. The first kappa shape index (κ1) is 22.6. The first-order valence-electron chi connectivity index (χ1n) is 9.11. The molecule has 0 fully saturated rings. The Morgan fingerprint density at radius 3 is 2.10 bits per heavy atom. The summed E-state index contributed by atoms with van der Waals surface area (Å²) >= 11 is 0. The molecule has 0 unspecified atom stereocenters. The van der Waals surface area contributed by atoms with Gasteiger partial charge >= 0.3 is 0 Å². The average molecular weight is 422 g/mol. The van der Waals surface area contributed by atoms with Crippen molar-refractivity contribution in [1.82, 2.24) is 15.6 Å². The van der Waals surface area contributed by atoms with Gasteiger partial charge in [-0.15, -0.1) is 0 Å². The summed E-state index contributed by atoms with van der Waals surface area (Å²) in [6.45, 7) is 10.8. The van der Waals surface area contributed by atoms with Crippen LogP contribution in [0.4, 0.5) is 0 Å². The number of nitrogens with one attached hydrogen (secondary N) is 3. The lowest BCUT2D eigenvalue weighted by atomic mass is 9.87. The fourth-order valence-corrected chi connectivity index (χ4v) is 3.84. The fourth-order valence-electron chi connectivity index (χ4n) is 2.64. The van der Waals surface area contributed by atoms with Crippen LogP contribution in [0, 0.1) is 13.8 Å². The van der Waals surface area contributed by atoms with Crippen molar-refractivity contribution in [3.63, 3.8) is 0 Å². The largest absolute Gasteiger partial charge is 0.466 e. The minimum absolute atomic E-state index is 0.0543. The molecule has 0 saturated heterocycles. The Morgan fingerprint density at radius 2 is 1.62 bits per heavy atom. The lowest BCUT2D eigenvalue weighted by Crippen LogP contribution is -2.51. The molecule has 2 rings (SSSR count). The number of carbonyl (C=O) groups is 2. The molecule has 1 heterocycles. The van der Waals surface area contributed by atoms with Gasteiger partial charge in [0.2, 0.25) is 10.0 Å². The summed E-state index contributed by atoms with van der Waals surface area (Å²) in [5.74, 6) is -0.272. The Balaban J connectivity index is 1.99. The van der Waals surface area contributed by atoms with E-state index in [1.807, 2.05) is 20.8 Å². The third kappa shape index (κ3) is 5.68. The Labute approximate surface area is 171 Å². The van der Waals surface area contributed by atoms with Crippen LogP contribution in [0.1, 0.15) is 55.1 Å². The third-order valence-corrected chi connectivity index (χ3v) is 5.90. The molecule has 0 aliphatic heterocycles. The monoisotopic (exact) mass is 421 g/mol. The SMILES string of the molecule is Cc1cc(C(=O)NNC(=O)[C@H](C)NS(=O)(=O)c2ccc(C(C)(C)C)cc2)c(C)o1. The van der Waals surface area contributed by atoms with E-state index in [1.54, 1.807) is 32.0 Å². The summed E-state index contributed by atoms with van der Waals surface area (Å²) in [5.41, 5.74) is 5.64. The van der Waals surface area contributed by atoms with E-state index in [2.05, 4.69) is 15.6 Å². The molecule has 1 aromatic heterocycles. The van der Waals surface area contributed by atoms with Crippen molar-refractivity contribution in [3.05, 3.63) is 53.0 Å². The molecule has 29 heavy (non-hydrogen) atoms. The molecule has 0 saturated carbocycles. The van der Waals surface area contributed by atoms with E-state index in [1.165, 1.54) is 19.1 Å². The number of amides is 2. The van der Waals surface area contributed by atoms with Crippen LogP contribution in [-0.2, 0) is 20.2 Å². The van der Waals surface area contributed by atoms with Gasteiger partial charge in [-0.1, -0.05) is 32.9 Å². The number of carbonyl (C=O) groups excluding carboxylic acids is 2. The number of rotatable bonds is 5. The second-order valence-corrected chi connectivity index (χ2v) is 9.60. The van der Waals surface area contributed by atoms with Gasteiger partial charge in [0.25, 0.3) is 11.8 Å². The van der Waals surface area contributed by atoms with E-state index in [9.17, 15) is 18.0 Å². The summed E-state index contributed by atoms with van der Waals surface area (Å²) < 4.78 is 32.6. The molecule has 9 heteroatoms. The quantitative estimate of drug-likeness (QED) is 0.641. The number of benzene rings is 1. The number of hydrazine groups is 1. The summed E-state index contributed by atoms with van der Waals surface area (Å²) in [4.78, 5) is 24.3. The van der Waals surface area contributed by atoms with Gasteiger partial charge in [0, 0.05) is 0 Å². The van der Waals surface area contributed by atoms with Crippen molar-refractivity contribution < 1.29 is 22.4 Å². The molecule has 8 nitrogen and oxygen atoms in total. The minimum atomic E-state index is -3.90. The lowest BCUT2D eigenvalue weighted by Gasteiger charge is -2.19. The van der Waals surface area contributed by atoms with Crippen LogP contribution >= 0.6 is 0 Å². The molecule has 2 aromatic rings. The Kier molecular flexibility index (Phi) is 6.54. The topological polar surface area (TPSA) is 118 Å². The molecule has 0 aliphatic rings. The van der Waals surface area contributed by atoms with E-state index in [0.717, 1.165) is 5.56 Å². The van der Waals surface area contributed by atoms with E-state index in [4.69, 9.17) is 4.42 Å². The van der Waals surface area contributed by atoms with Crippen molar-refractivity contribution in [1.29, 1.82) is 0 Å². The van der Waals surface area contributed by atoms with Crippen molar-refractivity contribution in [2.24, 2.45) is 0 Å². The van der Waals surface area contributed by atoms with E-state index >= 15 is 0 Å². The normalized spacial score (nSPS) is 13.0. The average Bonchev–Trinajstić information content (AvgIpc) is 2.96. The van der Waals surface area contributed by atoms with Crippen molar-refractivity contribution in [2.75, 3.05) is 0 Å². The van der Waals surface area contributed by atoms with Gasteiger partial charge in [-0.2, -0.15) is 4.72 Å². The number of hydrogen-bond donors (Lipinski definition) is 3. The number of hydrogen-bond acceptors (Lipinski definition) is 5. The van der Waals surface area contributed by atoms with Gasteiger partial charge in [0.15, 0.2) is 0 Å². The standard InChI is InChI=1S/C20H27N3O5S/c1-12-11-17(14(3)28-12)19(25)22-21-18(24)13(2)23-29(26,27)16-9-7-15(8-10-16)20(4,5)6/h7-11,13,23H,1-6H3,(H,21,24)(H,22,25)/t13-/m0/s1. The van der Waals surface area contributed by atoms with Gasteiger partial charge in [0.05, 0.1) is 16.5 Å². The van der Waals surface area contributed by atoms with Gasteiger partial charge < -0.3 is 4.42 Å². The predicted octanol–water partition coefficient (Wildman–Crippen LogP) is 2.32. The zero-order valence-corrected chi connectivity index (χ0v) is 18.2. The molecule has 0 radical (unpaired) electrons. The Morgan fingerprint density at radius 1 is 1.03 bits per heavy atom. The Hall–Kier alpha value is -2.65. The summed E-state index contributed by atoms with van der Waals surface area (Å²) in [6, 6.07) is 6.93. The zero-order valence-electron chi connectivity index (χ0n) is 17.4. The first-order chi connectivity index (χ1) is 13.3. The van der Waals surface area contributed by atoms with Crippen LogP contribution in [-0.4, -0.2) is 26.3 Å². The highest BCUT2D eigenvalue weighted by Crippen LogP contribution is 2.23. The van der Waals surface area contributed by atoms with Crippen LogP contribution in [0.5, 0.6) is 0 Å². The molecular weight excluding hydrogens is 394 g/mol. The van der Waals surface area contributed by atoms with Crippen LogP contribution < -0.4 is 15.6 Å². The van der Waals surface area contributed by atoms with Crippen molar-refractivity contribution in [2.45, 2.75) is 57.9 Å². The smallest absolute Gasteiger partial charge is 0.273 e. The number of furan rings is 1. The van der Waals surface area contributed by atoms with Crippen molar-refractivity contribution in [3.8, 4) is 0 Å². The highest BCUT2D eigenvalue weighted by Gasteiger charge is 2.24.